The van der Waals surface area contributed by atoms with E-state index in [1.807, 2.05) is 6.26 Å². The molecule has 1 rings (SSSR count). The Bertz CT molecular complexity index is 401. The van der Waals surface area contributed by atoms with Crippen molar-refractivity contribution in [3.8, 4) is 0 Å². The van der Waals surface area contributed by atoms with Crippen LogP contribution in [-0.4, -0.2) is 34.1 Å². The number of nitrogens with one attached hydrogen (secondary N) is 1. The summed E-state index contributed by atoms with van der Waals surface area (Å²) in [5.74, 6) is 0.453. The molecule has 17 heavy (non-hydrogen) atoms. The van der Waals surface area contributed by atoms with Gasteiger partial charge in [-0.25, -0.2) is 9.78 Å². The minimum absolute atomic E-state index is 0.0724. The quantitative estimate of drug-likeness (QED) is 0.835. The number of nitrogens with zero attached hydrogens (tertiary/aromatic N) is 1. The fraction of sp³-hybridized carbons (Fsp3) is 0.455. The van der Waals surface area contributed by atoms with E-state index in [9.17, 15) is 4.79 Å². The summed E-state index contributed by atoms with van der Waals surface area (Å²) >= 11 is 7.48. The summed E-state index contributed by atoms with van der Waals surface area (Å²) in [5.41, 5.74) is 0.0724. The van der Waals surface area contributed by atoms with E-state index in [-0.39, 0.29) is 16.6 Å². The van der Waals surface area contributed by atoms with Crippen molar-refractivity contribution in [3.63, 3.8) is 0 Å². The van der Waals surface area contributed by atoms with Crippen molar-refractivity contribution in [2.24, 2.45) is 0 Å². The number of carbonyl (C=O) groups is 1. The second-order valence-corrected chi connectivity index (χ2v) is 4.88. The van der Waals surface area contributed by atoms with Crippen molar-refractivity contribution in [2.45, 2.75) is 19.4 Å². The second-order valence-electron chi connectivity index (χ2n) is 3.56. The van der Waals surface area contributed by atoms with Gasteiger partial charge in [0.1, 0.15) is 5.82 Å². The van der Waals surface area contributed by atoms with Crippen molar-refractivity contribution in [1.29, 1.82) is 0 Å². The lowest BCUT2D eigenvalue weighted by atomic mass is 10.2. The van der Waals surface area contributed by atoms with Crippen molar-refractivity contribution in [1.82, 2.24) is 4.98 Å². The second kappa shape index (κ2) is 6.71. The summed E-state index contributed by atoms with van der Waals surface area (Å²) in [4.78, 5) is 15.0. The number of anilines is 1. The highest BCUT2D eigenvalue weighted by Gasteiger charge is 2.12. The Balaban J connectivity index is 2.84. The molecular formula is C11H15ClN2O2S. The van der Waals surface area contributed by atoms with Gasteiger partial charge in [-0.05, 0) is 18.7 Å². The Hall–Kier alpha value is -0.940. The van der Waals surface area contributed by atoms with Crippen LogP contribution in [0.2, 0.25) is 5.02 Å². The molecule has 0 fully saturated rings. The van der Waals surface area contributed by atoms with E-state index in [2.05, 4.69) is 17.2 Å². The van der Waals surface area contributed by atoms with Crippen molar-refractivity contribution in [2.75, 3.05) is 17.3 Å². The van der Waals surface area contributed by atoms with Crippen molar-refractivity contribution < 1.29 is 9.90 Å². The first-order valence-electron chi connectivity index (χ1n) is 5.22. The van der Waals surface area contributed by atoms with E-state index < -0.39 is 5.97 Å². The molecule has 0 spiro atoms. The number of pyridine rings is 1. The van der Waals surface area contributed by atoms with Crippen molar-refractivity contribution in [3.05, 3.63) is 22.8 Å². The molecule has 0 saturated carbocycles. The van der Waals surface area contributed by atoms with Crippen LogP contribution >= 0.6 is 23.4 Å². The topological polar surface area (TPSA) is 62.2 Å². The van der Waals surface area contributed by atoms with Gasteiger partial charge < -0.3 is 10.4 Å². The molecule has 0 radical (unpaired) electrons. The summed E-state index contributed by atoms with van der Waals surface area (Å²) in [6.45, 7) is 2.07. The normalized spacial score (nSPS) is 12.2. The standard InChI is InChI=1S/C11H15ClN2O2S/c1-3-7(6-17-2)14-10-4-8(11(15)16)9(12)5-13-10/h4-5,7H,3,6H2,1-2H3,(H,13,14)(H,15,16). The van der Waals surface area contributed by atoms with Crippen LogP contribution in [0.15, 0.2) is 12.3 Å². The largest absolute Gasteiger partial charge is 0.478 e. The van der Waals surface area contributed by atoms with Gasteiger partial charge in [0.05, 0.1) is 10.6 Å². The molecule has 4 nitrogen and oxygen atoms in total. The van der Waals surface area contributed by atoms with Gasteiger partial charge in [-0.15, -0.1) is 0 Å². The maximum absolute atomic E-state index is 10.9. The molecular weight excluding hydrogens is 260 g/mol. The number of hydrogen-bond acceptors (Lipinski definition) is 4. The Labute approximate surface area is 110 Å². The lowest BCUT2D eigenvalue weighted by molar-refractivity contribution is 0.0697. The summed E-state index contributed by atoms with van der Waals surface area (Å²) in [6, 6.07) is 1.74. The van der Waals surface area contributed by atoms with Crippen LogP contribution in [-0.2, 0) is 0 Å². The van der Waals surface area contributed by atoms with Gasteiger partial charge in [-0.2, -0.15) is 11.8 Å². The summed E-state index contributed by atoms with van der Waals surface area (Å²) in [7, 11) is 0. The highest BCUT2D eigenvalue weighted by atomic mass is 35.5. The molecule has 0 amide bonds. The molecule has 0 bridgehead atoms. The molecule has 1 aromatic heterocycles. The van der Waals surface area contributed by atoms with Gasteiger partial charge in [0.25, 0.3) is 0 Å². The summed E-state index contributed by atoms with van der Waals surface area (Å²) in [5, 5.41) is 12.3. The zero-order valence-corrected chi connectivity index (χ0v) is 11.3. The number of aromatic nitrogens is 1. The SMILES string of the molecule is CCC(CSC)Nc1cc(C(=O)O)c(Cl)cn1. The molecule has 2 N–H and O–H groups in total. The lowest BCUT2D eigenvalue weighted by Crippen LogP contribution is -2.22. The molecule has 0 aliphatic rings. The Morgan fingerprint density at radius 1 is 1.71 bits per heavy atom. The van der Waals surface area contributed by atoms with Crippen LogP contribution in [0.3, 0.4) is 0 Å². The Morgan fingerprint density at radius 3 is 2.94 bits per heavy atom. The Kier molecular flexibility index (Phi) is 5.58. The van der Waals surface area contributed by atoms with E-state index >= 15 is 0 Å². The molecule has 0 aliphatic heterocycles. The van der Waals surface area contributed by atoms with E-state index in [1.165, 1.54) is 12.3 Å². The molecule has 0 aliphatic carbocycles. The number of hydrogen-bond donors (Lipinski definition) is 2. The molecule has 1 atom stereocenters. The first kappa shape index (κ1) is 14.1. The van der Waals surface area contributed by atoms with Gasteiger partial charge in [-0.1, -0.05) is 18.5 Å². The fourth-order valence-corrected chi connectivity index (χ4v) is 2.26. The van der Waals surface area contributed by atoms with E-state index in [1.54, 1.807) is 11.8 Å². The number of thioether (sulfide) groups is 1. The van der Waals surface area contributed by atoms with Crippen LogP contribution in [0.5, 0.6) is 0 Å². The minimum atomic E-state index is -1.04. The smallest absolute Gasteiger partial charge is 0.337 e. The fourth-order valence-electron chi connectivity index (χ4n) is 1.35. The monoisotopic (exact) mass is 274 g/mol. The molecule has 6 heteroatoms. The van der Waals surface area contributed by atoms with Gasteiger partial charge in [0, 0.05) is 18.0 Å². The molecule has 0 saturated heterocycles. The zero-order valence-electron chi connectivity index (χ0n) is 9.74. The van der Waals surface area contributed by atoms with Crippen molar-refractivity contribution >= 4 is 35.1 Å². The zero-order chi connectivity index (χ0) is 12.8. The van der Waals surface area contributed by atoms with E-state index in [0.29, 0.717) is 5.82 Å². The van der Waals surface area contributed by atoms with Gasteiger partial charge in [-0.3, -0.25) is 0 Å². The predicted octanol–water partition coefficient (Wildman–Crippen LogP) is 2.99. The first-order valence-corrected chi connectivity index (χ1v) is 7.00. The van der Waals surface area contributed by atoms with Crippen LogP contribution in [0.4, 0.5) is 5.82 Å². The van der Waals surface area contributed by atoms with Gasteiger partial charge >= 0.3 is 5.97 Å². The highest BCUT2D eigenvalue weighted by molar-refractivity contribution is 7.98. The average Bonchev–Trinajstić information content (AvgIpc) is 2.30. The third-order valence-corrected chi connectivity index (χ3v) is 3.34. The number of carboxylic acid groups (broad SMARTS) is 1. The average molecular weight is 275 g/mol. The van der Waals surface area contributed by atoms with Crippen LogP contribution in [0.1, 0.15) is 23.7 Å². The minimum Gasteiger partial charge on any atom is -0.478 e. The summed E-state index contributed by atoms with van der Waals surface area (Å²) in [6.07, 6.45) is 4.34. The maximum Gasteiger partial charge on any atom is 0.337 e. The number of aromatic carboxylic acids is 1. The third-order valence-electron chi connectivity index (χ3n) is 2.30. The molecule has 0 aromatic carbocycles. The van der Waals surface area contributed by atoms with E-state index in [4.69, 9.17) is 16.7 Å². The van der Waals surface area contributed by atoms with Gasteiger partial charge in [0.15, 0.2) is 0 Å². The van der Waals surface area contributed by atoms with E-state index in [0.717, 1.165) is 12.2 Å². The van der Waals surface area contributed by atoms with Gasteiger partial charge in [0.2, 0.25) is 0 Å². The lowest BCUT2D eigenvalue weighted by Gasteiger charge is -2.16. The maximum atomic E-state index is 10.9. The molecule has 94 valence electrons. The predicted molar refractivity (Wildman–Crippen MR) is 72.3 cm³/mol. The van der Waals surface area contributed by atoms with Crippen LogP contribution < -0.4 is 5.32 Å². The molecule has 1 aromatic rings. The van der Waals surface area contributed by atoms with Crippen LogP contribution in [0.25, 0.3) is 0 Å². The molecule has 1 heterocycles. The Morgan fingerprint density at radius 2 is 2.41 bits per heavy atom. The number of rotatable bonds is 6. The number of carboxylic acids is 1. The first-order chi connectivity index (χ1) is 8.08. The highest BCUT2D eigenvalue weighted by Crippen LogP contribution is 2.19. The summed E-state index contributed by atoms with van der Waals surface area (Å²) < 4.78 is 0. The molecule has 1 unspecified atom stereocenters. The third kappa shape index (κ3) is 4.09. The van der Waals surface area contributed by atoms with Crippen LogP contribution in [0, 0.1) is 0 Å². The number of halogens is 1.